The quantitative estimate of drug-likeness (QED) is 0.245. The number of pyridine rings is 1. The molecule has 1 aliphatic heterocycles. The SMILES string of the molecule is CC(C)N1CCN(CCc2nc(C(=O)Nc3cc(-c4cnc(Cl)c(NS(C)(=O)=O)c4)cc4[nH]ncc34)cs2)CC1. The van der Waals surface area contributed by atoms with E-state index in [1.54, 1.807) is 23.7 Å². The highest BCUT2D eigenvalue weighted by Gasteiger charge is 2.20. The minimum atomic E-state index is -3.55. The zero-order chi connectivity index (χ0) is 28.4. The van der Waals surface area contributed by atoms with Crippen LogP contribution in [-0.2, 0) is 16.4 Å². The molecule has 0 spiro atoms. The predicted octanol–water partition coefficient (Wildman–Crippen LogP) is 3.93. The number of halogens is 1. The summed E-state index contributed by atoms with van der Waals surface area (Å²) in [6, 6.07) is 5.79. The van der Waals surface area contributed by atoms with Crippen molar-refractivity contribution < 1.29 is 13.2 Å². The number of aromatic amines is 1. The number of fused-ring (bicyclic) bond motifs is 1. The first-order valence-electron chi connectivity index (χ1n) is 12.9. The summed E-state index contributed by atoms with van der Waals surface area (Å²) >= 11 is 7.59. The third-order valence-corrected chi connectivity index (χ3v) is 8.64. The molecule has 5 rings (SSSR count). The number of amides is 1. The Kier molecular flexibility index (Phi) is 8.38. The Balaban J connectivity index is 1.30. The van der Waals surface area contributed by atoms with Crippen LogP contribution in [0.5, 0.6) is 0 Å². The Bertz CT molecular complexity index is 1630. The lowest BCUT2D eigenvalue weighted by molar-refractivity contribution is 0.102. The van der Waals surface area contributed by atoms with Gasteiger partial charge in [0, 0.05) is 67.7 Å². The molecule has 0 aliphatic carbocycles. The number of anilines is 2. The molecule has 4 heterocycles. The summed E-state index contributed by atoms with van der Waals surface area (Å²) in [6.07, 6.45) is 5.01. The number of rotatable bonds is 9. The highest BCUT2D eigenvalue weighted by atomic mass is 35.5. The second kappa shape index (κ2) is 11.8. The van der Waals surface area contributed by atoms with Gasteiger partial charge in [-0.05, 0) is 37.6 Å². The maximum absolute atomic E-state index is 13.2. The Labute approximate surface area is 242 Å². The molecule has 3 N–H and O–H groups in total. The fourth-order valence-corrected chi connectivity index (χ4v) is 6.20. The summed E-state index contributed by atoms with van der Waals surface area (Å²) < 4.78 is 25.9. The van der Waals surface area contributed by atoms with Gasteiger partial charge in [0.2, 0.25) is 10.0 Å². The van der Waals surface area contributed by atoms with Crippen molar-refractivity contribution in [3.63, 3.8) is 0 Å². The van der Waals surface area contributed by atoms with E-state index in [1.807, 2.05) is 6.07 Å². The van der Waals surface area contributed by atoms with E-state index in [2.05, 4.69) is 53.9 Å². The third-order valence-electron chi connectivity index (χ3n) is 6.84. The van der Waals surface area contributed by atoms with Crippen molar-refractivity contribution in [2.45, 2.75) is 26.3 Å². The molecule has 0 saturated carbocycles. The number of nitrogens with one attached hydrogen (secondary N) is 3. The van der Waals surface area contributed by atoms with Gasteiger partial charge in [0.1, 0.15) is 5.69 Å². The number of H-pyrrole nitrogens is 1. The largest absolute Gasteiger partial charge is 0.320 e. The van der Waals surface area contributed by atoms with E-state index in [0.29, 0.717) is 34.1 Å². The van der Waals surface area contributed by atoms with E-state index in [4.69, 9.17) is 11.6 Å². The van der Waals surface area contributed by atoms with Gasteiger partial charge in [0.15, 0.2) is 5.15 Å². The van der Waals surface area contributed by atoms with Gasteiger partial charge in [0.25, 0.3) is 5.91 Å². The van der Waals surface area contributed by atoms with Gasteiger partial charge >= 0.3 is 0 Å². The minimum absolute atomic E-state index is 0.0301. The van der Waals surface area contributed by atoms with Gasteiger partial charge in [-0.15, -0.1) is 11.3 Å². The summed E-state index contributed by atoms with van der Waals surface area (Å²) in [5.74, 6) is -0.318. The van der Waals surface area contributed by atoms with Crippen molar-refractivity contribution in [2.75, 3.05) is 49.0 Å². The van der Waals surface area contributed by atoms with Crippen molar-refractivity contribution in [2.24, 2.45) is 0 Å². The van der Waals surface area contributed by atoms with Crippen LogP contribution in [0.2, 0.25) is 5.15 Å². The van der Waals surface area contributed by atoms with E-state index in [-0.39, 0.29) is 16.7 Å². The van der Waals surface area contributed by atoms with Crippen LogP contribution in [0.1, 0.15) is 29.3 Å². The zero-order valence-electron chi connectivity index (χ0n) is 22.4. The molecule has 0 unspecified atom stereocenters. The van der Waals surface area contributed by atoms with Crippen LogP contribution in [0.4, 0.5) is 11.4 Å². The Morgan fingerprint density at radius 2 is 1.88 bits per heavy atom. The van der Waals surface area contributed by atoms with Crippen LogP contribution >= 0.6 is 22.9 Å². The molecule has 14 heteroatoms. The molecule has 3 aromatic heterocycles. The van der Waals surface area contributed by atoms with Crippen molar-refractivity contribution in [1.29, 1.82) is 0 Å². The Morgan fingerprint density at radius 3 is 2.60 bits per heavy atom. The first-order chi connectivity index (χ1) is 19.1. The monoisotopic (exact) mass is 602 g/mol. The van der Waals surface area contributed by atoms with E-state index >= 15 is 0 Å². The smallest absolute Gasteiger partial charge is 0.275 e. The molecule has 0 radical (unpaired) electrons. The molecule has 212 valence electrons. The van der Waals surface area contributed by atoms with E-state index < -0.39 is 10.0 Å². The average molecular weight is 603 g/mol. The number of aromatic nitrogens is 4. The third kappa shape index (κ3) is 6.78. The molecule has 11 nitrogen and oxygen atoms in total. The molecular weight excluding hydrogens is 572 g/mol. The lowest BCUT2D eigenvalue weighted by Crippen LogP contribution is -2.49. The van der Waals surface area contributed by atoms with Crippen LogP contribution in [0, 0.1) is 0 Å². The van der Waals surface area contributed by atoms with Crippen molar-refractivity contribution in [3.8, 4) is 11.1 Å². The summed E-state index contributed by atoms with van der Waals surface area (Å²) in [5.41, 5.74) is 3.04. The number of carbonyl (C=O) groups excluding carboxylic acids is 1. The lowest BCUT2D eigenvalue weighted by Gasteiger charge is -2.36. The van der Waals surface area contributed by atoms with Gasteiger partial charge in [0.05, 0.1) is 34.4 Å². The second-order valence-corrected chi connectivity index (χ2v) is 13.1. The van der Waals surface area contributed by atoms with E-state index in [1.165, 1.54) is 17.5 Å². The van der Waals surface area contributed by atoms with Gasteiger partial charge in [-0.25, -0.2) is 18.4 Å². The maximum atomic E-state index is 13.2. The van der Waals surface area contributed by atoms with Crippen LogP contribution in [0.25, 0.3) is 22.0 Å². The van der Waals surface area contributed by atoms with Crippen LogP contribution < -0.4 is 10.0 Å². The molecule has 0 bridgehead atoms. The zero-order valence-corrected chi connectivity index (χ0v) is 24.8. The molecule has 1 amide bonds. The average Bonchev–Trinajstić information content (AvgIpc) is 3.58. The highest BCUT2D eigenvalue weighted by molar-refractivity contribution is 7.92. The number of piperazine rings is 1. The van der Waals surface area contributed by atoms with Crippen molar-refractivity contribution >= 4 is 61.1 Å². The highest BCUT2D eigenvalue weighted by Crippen LogP contribution is 2.33. The molecule has 1 fully saturated rings. The number of hydrogen-bond donors (Lipinski definition) is 3. The molecule has 0 atom stereocenters. The van der Waals surface area contributed by atoms with E-state index in [0.717, 1.165) is 55.8 Å². The predicted molar refractivity (Wildman–Crippen MR) is 160 cm³/mol. The van der Waals surface area contributed by atoms with Gasteiger partial charge < -0.3 is 10.2 Å². The number of hydrogen-bond acceptors (Lipinski definition) is 9. The molecular formula is C26H31ClN8O3S2. The van der Waals surface area contributed by atoms with Crippen molar-refractivity contribution in [1.82, 2.24) is 30.0 Å². The van der Waals surface area contributed by atoms with Gasteiger partial charge in [-0.3, -0.25) is 19.5 Å². The molecule has 4 aromatic rings. The second-order valence-electron chi connectivity index (χ2n) is 10.1. The van der Waals surface area contributed by atoms with E-state index in [9.17, 15) is 13.2 Å². The summed E-state index contributed by atoms with van der Waals surface area (Å²) in [5, 5.41) is 13.5. The molecule has 1 saturated heterocycles. The number of sulfonamides is 1. The standard InChI is InChI=1S/C26H31ClN8O3S2/c1-16(2)35-8-6-34(7-9-35)5-4-24-30-23(15-39-24)26(36)31-20-10-17(11-21-19(20)14-29-32-21)18-12-22(25(27)28-13-18)33-40(3,37)38/h10-16,33H,4-9H2,1-3H3,(H,29,32)(H,31,36). The molecule has 1 aliphatic rings. The summed E-state index contributed by atoms with van der Waals surface area (Å²) in [4.78, 5) is 26.8. The fourth-order valence-electron chi connectivity index (χ4n) is 4.67. The Morgan fingerprint density at radius 1 is 1.12 bits per heavy atom. The first kappa shape index (κ1) is 28.4. The molecule has 40 heavy (non-hydrogen) atoms. The summed E-state index contributed by atoms with van der Waals surface area (Å²) in [7, 11) is -3.55. The normalized spacial score (nSPS) is 15.1. The first-order valence-corrected chi connectivity index (χ1v) is 16.0. The summed E-state index contributed by atoms with van der Waals surface area (Å²) in [6.45, 7) is 9.62. The van der Waals surface area contributed by atoms with Gasteiger partial charge in [-0.1, -0.05) is 11.6 Å². The number of carbonyl (C=O) groups is 1. The Hall–Kier alpha value is -3.10. The van der Waals surface area contributed by atoms with Crippen molar-refractivity contribution in [3.05, 3.63) is 51.8 Å². The topological polar surface area (TPSA) is 136 Å². The van der Waals surface area contributed by atoms with Gasteiger partial charge in [-0.2, -0.15) is 5.10 Å². The minimum Gasteiger partial charge on any atom is -0.320 e. The van der Waals surface area contributed by atoms with Crippen LogP contribution in [-0.4, -0.2) is 89.3 Å². The number of benzene rings is 1. The lowest BCUT2D eigenvalue weighted by atomic mass is 10.0. The van der Waals surface area contributed by atoms with Crippen LogP contribution in [0.15, 0.2) is 36.0 Å². The van der Waals surface area contributed by atoms with Crippen LogP contribution in [0.3, 0.4) is 0 Å². The molecule has 1 aromatic carbocycles. The fraction of sp³-hybridized carbons (Fsp3) is 0.385. The number of nitrogens with zero attached hydrogens (tertiary/aromatic N) is 5. The number of thiazole rings is 1. The maximum Gasteiger partial charge on any atom is 0.275 e.